The summed E-state index contributed by atoms with van der Waals surface area (Å²) in [6.07, 6.45) is 4.15. The highest BCUT2D eigenvalue weighted by molar-refractivity contribution is 5.89. The largest absolute Gasteiger partial charge is 0.393 e. The van der Waals surface area contributed by atoms with E-state index in [4.69, 9.17) is 0 Å². The van der Waals surface area contributed by atoms with Crippen molar-refractivity contribution in [1.29, 1.82) is 0 Å². The molecule has 2 nitrogen and oxygen atoms in total. The third-order valence-electron chi connectivity index (χ3n) is 4.77. The van der Waals surface area contributed by atoms with Gasteiger partial charge in [-0.1, -0.05) is 60.7 Å². The van der Waals surface area contributed by atoms with E-state index in [1.54, 1.807) is 0 Å². The van der Waals surface area contributed by atoms with E-state index >= 15 is 0 Å². The van der Waals surface area contributed by atoms with Crippen molar-refractivity contribution < 1.29 is 0 Å². The van der Waals surface area contributed by atoms with E-state index < -0.39 is 0 Å². The van der Waals surface area contributed by atoms with Crippen LogP contribution in [0.1, 0.15) is 5.56 Å². The highest BCUT2D eigenvalue weighted by Crippen LogP contribution is 2.23. The Kier molecular flexibility index (Phi) is 4.32. The second-order valence-corrected chi connectivity index (χ2v) is 6.53. The van der Waals surface area contributed by atoms with Crippen LogP contribution < -0.4 is 21.1 Å². The van der Waals surface area contributed by atoms with Gasteiger partial charge in [0, 0.05) is 30.4 Å². The van der Waals surface area contributed by atoms with E-state index in [-0.39, 0.29) is 0 Å². The zero-order valence-corrected chi connectivity index (χ0v) is 15.1. The zero-order chi connectivity index (χ0) is 17.9. The molecule has 0 heterocycles. The third kappa shape index (κ3) is 3.02. The average molecular weight is 338 g/mol. The molecule has 2 N–H and O–H groups in total. The third-order valence-corrected chi connectivity index (χ3v) is 4.77. The minimum absolute atomic E-state index is 1.13. The van der Waals surface area contributed by atoms with Gasteiger partial charge in [0.05, 0.1) is 0 Å². The molecule has 128 valence electrons. The lowest BCUT2D eigenvalue weighted by Gasteiger charge is -2.09. The first-order valence-electron chi connectivity index (χ1n) is 8.87. The van der Waals surface area contributed by atoms with Gasteiger partial charge in [-0.05, 0) is 51.4 Å². The van der Waals surface area contributed by atoms with E-state index in [1.807, 2.05) is 13.2 Å². The maximum atomic E-state index is 3.54. The molecule has 0 atom stereocenters. The zero-order valence-electron chi connectivity index (χ0n) is 15.1. The van der Waals surface area contributed by atoms with Gasteiger partial charge in [0.1, 0.15) is 0 Å². The van der Waals surface area contributed by atoms with Crippen LogP contribution in [-0.4, -0.2) is 7.05 Å². The van der Waals surface area contributed by atoms with Gasteiger partial charge in [0.2, 0.25) is 0 Å². The molecule has 0 spiro atoms. The Balaban J connectivity index is 1.88. The number of aryl methyl sites for hydroxylation is 1. The number of nitrogens with one attached hydrogen (secondary N) is 2. The van der Waals surface area contributed by atoms with Gasteiger partial charge >= 0.3 is 0 Å². The molecule has 4 rings (SSSR count). The van der Waals surface area contributed by atoms with E-state index in [0.29, 0.717) is 0 Å². The van der Waals surface area contributed by atoms with Crippen molar-refractivity contribution in [3.05, 3.63) is 88.8 Å². The van der Waals surface area contributed by atoms with Crippen LogP contribution in [0.2, 0.25) is 0 Å². The Bertz CT molecular complexity index is 1210. The highest BCUT2D eigenvalue weighted by atomic mass is 14.8. The molecule has 0 radical (unpaired) electrons. The summed E-state index contributed by atoms with van der Waals surface area (Å²) in [5, 5.41) is 14.0. The van der Waals surface area contributed by atoms with Crippen molar-refractivity contribution in [2.45, 2.75) is 6.92 Å². The Labute approximate surface area is 153 Å². The van der Waals surface area contributed by atoms with E-state index in [2.05, 4.69) is 96.6 Å². The van der Waals surface area contributed by atoms with Gasteiger partial charge in [0.25, 0.3) is 0 Å². The minimum atomic E-state index is 1.13. The fourth-order valence-corrected chi connectivity index (χ4v) is 3.41. The molecule has 0 unspecified atom stereocenters. The Morgan fingerprint density at radius 3 is 2.19 bits per heavy atom. The Hall–Kier alpha value is -3.26. The molecule has 0 aromatic heterocycles. The van der Waals surface area contributed by atoms with Gasteiger partial charge in [-0.3, -0.25) is 0 Å². The first kappa shape index (κ1) is 16.2. The van der Waals surface area contributed by atoms with Crippen LogP contribution in [0.25, 0.3) is 33.9 Å². The van der Waals surface area contributed by atoms with Gasteiger partial charge in [0.15, 0.2) is 0 Å². The number of anilines is 1. The fourth-order valence-electron chi connectivity index (χ4n) is 3.41. The molecular formula is C24H22N2. The van der Waals surface area contributed by atoms with E-state index in [1.165, 1.54) is 32.3 Å². The summed E-state index contributed by atoms with van der Waals surface area (Å²) in [6, 6.07) is 25.7. The molecule has 0 aliphatic rings. The van der Waals surface area contributed by atoms with Crippen molar-refractivity contribution >= 4 is 39.6 Å². The number of hydrogen-bond donors (Lipinski definition) is 2. The maximum Gasteiger partial charge on any atom is 0.0416 e. The van der Waals surface area contributed by atoms with E-state index in [0.717, 1.165) is 10.9 Å². The normalized spacial score (nSPS) is 12.7. The molecule has 0 aliphatic heterocycles. The summed E-state index contributed by atoms with van der Waals surface area (Å²) >= 11 is 0. The quantitative estimate of drug-likeness (QED) is 0.587. The number of hydrogen-bond acceptors (Lipinski definition) is 2. The summed E-state index contributed by atoms with van der Waals surface area (Å²) in [5.41, 5.74) is 2.37. The summed E-state index contributed by atoms with van der Waals surface area (Å²) in [4.78, 5) is 0. The fraction of sp³-hybridized carbons (Fsp3) is 0.0833. The van der Waals surface area contributed by atoms with Crippen LogP contribution in [0.15, 0.2) is 72.8 Å². The smallest absolute Gasteiger partial charge is 0.0416 e. The number of benzene rings is 4. The molecule has 0 fully saturated rings. The van der Waals surface area contributed by atoms with Crippen molar-refractivity contribution in [2.75, 3.05) is 12.4 Å². The Morgan fingerprint density at radius 2 is 1.42 bits per heavy atom. The predicted molar refractivity (Wildman–Crippen MR) is 113 cm³/mol. The van der Waals surface area contributed by atoms with Crippen molar-refractivity contribution in [3.8, 4) is 0 Å². The Morgan fingerprint density at radius 1 is 0.731 bits per heavy atom. The van der Waals surface area contributed by atoms with Gasteiger partial charge in [-0.25, -0.2) is 0 Å². The van der Waals surface area contributed by atoms with Crippen LogP contribution in [0.5, 0.6) is 0 Å². The average Bonchev–Trinajstić information content (AvgIpc) is 2.67. The molecule has 4 aromatic rings. The van der Waals surface area contributed by atoms with Gasteiger partial charge < -0.3 is 10.6 Å². The molecular weight excluding hydrogens is 316 g/mol. The first-order chi connectivity index (χ1) is 12.8. The first-order valence-corrected chi connectivity index (χ1v) is 8.87. The lowest BCUT2D eigenvalue weighted by atomic mass is 10.1. The molecule has 2 heteroatoms. The lowest BCUT2D eigenvalue weighted by Crippen LogP contribution is -2.28. The molecule has 0 aliphatic carbocycles. The van der Waals surface area contributed by atoms with Crippen molar-refractivity contribution in [1.82, 2.24) is 5.32 Å². The molecule has 0 bridgehead atoms. The number of rotatable bonds is 3. The maximum absolute atomic E-state index is 3.54. The van der Waals surface area contributed by atoms with Crippen LogP contribution in [0.4, 0.5) is 5.69 Å². The molecule has 0 saturated heterocycles. The van der Waals surface area contributed by atoms with E-state index in [9.17, 15) is 0 Å². The topological polar surface area (TPSA) is 24.1 Å². The molecule has 4 aromatic carbocycles. The van der Waals surface area contributed by atoms with Crippen molar-refractivity contribution in [2.24, 2.45) is 0 Å². The molecule has 0 saturated carbocycles. The summed E-state index contributed by atoms with van der Waals surface area (Å²) < 4.78 is 0. The lowest BCUT2D eigenvalue weighted by molar-refractivity contribution is 1.17. The van der Waals surface area contributed by atoms with Crippen molar-refractivity contribution in [3.63, 3.8) is 0 Å². The van der Waals surface area contributed by atoms with Crippen LogP contribution in [0.3, 0.4) is 0 Å². The highest BCUT2D eigenvalue weighted by Gasteiger charge is 2.01. The standard InChI is InChI=1S/C24H22N2/c1-17-13-19-8-3-4-9-20(19)14-24(17)26-16-23-21(15-25-2)12-11-18-7-5-6-10-22(18)23/h3-16,25-26H,1-2H3/b21-15-,23-16+. The van der Waals surface area contributed by atoms with Gasteiger partial charge in [-0.2, -0.15) is 0 Å². The molecule has 26 heavy (non-hydrogen) atoms. The number of fused-ring (bicyclic) bond motifs is 2. The summed E-state index contributed by atoms with van der Waals surface area (Å²) in [7, 11) is 1.93. The SMILES string of the molecule is CN/C=c1/ccc2ccccc2/c1=C/Nc1cc2ccccc2cc1C. The summed E-state index contributed by atoms with van der Waals surface area (Å²) in [5.74, 6) is 0. The van der Waals surface area contributed by atoms with Crippen LogP contribution in [0, 0.1) is 6.92 Å². The second-order valence-electron chi connectivity index (χ2n) is 6.53. The summed E-state index contributed by atoms with van der Waals surface area (Å²) in [6.45, 7) is 2.15. The predicted octanol–water partition coefficient (Wildman–Crippen LogP) is 4.11. The van der Waals surface area contributed by atoms with Crippen LogP contribution in [-0.2, 0) is 0 Å². The monoisotopic (exact) mass is 338 g/mol. The second kappa shape index (κ2) is 6.93. The van der Waals surface area contributed by atoms with Gasteiger partial charge in [-0.15, -0.1) is 0 Å². The minimum Gasteiger partial charge on any atom is -0.393 e. The van der Waals surface area contributed by atoms with Crippen LogP contribution >= 0.6 is 0 Å². The molecule has 0 amide bonds.